The predicted octanol–water partition coefficient (Wildman–Crippen LogP) is 3.05. The molecule has 2 N–H and O–H groups in total. The molecule has 7 heteroatoms. The third kappa shape index (κ3) is 4.57. The topological polar surface area (TPSA) is 44.4 Å². The molecule has 0 spiro atoms. The lowest BCUT2D eigenvalue weighted by atomic mass is 9.98. The maximum Gasteiger partial charge on any atom is 0.238 e. The minimum atomic E-state index is -0.412. The largest absolute Gasteiger partial charge is 0.324 e. The number of nitrogens with zero attached hydrogens (tertiary/aromatic N) is 1. The molecule has 3 rings (SSSR count). The maximum absolute atomic E-state index is 13.0. The molecule has 2 saturated heterocycles. The number of fused-ring (bicyclic) bond motifs is 2. The molecule has 1 aromatic carbocycles. The van der Waals surface area contributed by atoms with Crippen LogP contribution in [0.15, 0.2) is 18.2 Å². The molecule has 0 radical (unpaired) electrons. The Kier molecular flexibility index (Phi) is 6.26. The number of halogens is 3. The first-order valence-electron chi connectivity index (χ1n) is 7.72. The highest BCUT2D eigenvalue weighted by Crippen LogP contribution is 2.29. The zero-order chi connectivity index (χ0) is 15.7. The fourth-order valence-corrected chi connectivity index (χ4v) is 3.74. The van der Waals surface area contributed by atoms with E-state index in [1.165, 1.54) is 31.0 Å². The van der Waals surface area contributed by atoms with E-state index >= 15 is 0 Å². The van der Waals surface area contributed by atoms with Gasteiger partial charge in [-0.25, -0.2) is 4.39 Å². The lowest BCUT2D eigenvalue weighted by Crippen LogP contribution is -2.48. The third-order valence-electron chi connectivity index (χ3n) is 4.67. The number of amides is 1. The van der Waals surface area contributed by atoms with Crippen LogP contribution in [0.2, 0.25) is 5.02 Å². The highest BCUT2D eigenvalue weighted by Gasteiger charge is 2.35. The number of hydrogen-bond acceptors (Lipinski definition) is 3. The van der Waals surface area contributed by atoms with E-state index in [1.54, 1.807) is 0 Å². The maximum atomic E-state index is 13.0. The quantitative estimate of drug-likeness (QED) is 0.865. The van der Waals surface area contributed by atoms with Gasteiger partial charge < -0.3 is 10.6 Å². The number of likely N-dealkylation sites (N-methyl/N-ethyl adjacent to an activating group) is 1. The van der Waals surface area contributed by atoms with Crippen molar-refractivity contribution in [3.63, 3.8) is 0 Å². The molecule has 4 nitrogen and oxygen atoms in total. The van der Waals surface area contributed by atoms with E-state index in [9.17, 15) is 9.18 Å². The molecule has 2 bridgehead atoms. The van der Waals surface area contributed by atoms with E-state index in [-0.39, 0.29) is 23.3 Å². The molecule has 0 aliphatic carbocycles. The summed E-state index contributed by atoms with van der Waals surface area (Å²) < 4.78 is 13.0. The number of carbonyl (C=O) groups is 1. The van der Waals surface area contributed by atoms with Gasteiger partial charge in [0.05, 0.1) is 17.3 Å². The van der Waals surface area contributed by atoms with Gasteiger partial charge in [0.15, 0.2) is 0 Å². The highest BCUT2D eigenvalue weighted by molar-refractivity contribution is 6.33. The number of hydrogen-bond donors (Lipinski definition) is 2. The van der Waals surface area contributed by atoms with Crippen molar-refractivity contribution in [2.45, 2.75) is 43.8 Å². The summed E-state index contributed by atoms with van der Waals surface area (Å²) in [6.45, 7) is 0.317. The van der Waals surface area contributed by atoms with E-state index in [0.29, 0.717) is 30.4 Å². The van der Waals surface area contributed by atoms with Crippen molar-refractivity contribution < 1.29 is 9.18 Å². The first-order valence-corrected chi connectivity index (χ1v) is 8.10. The van der Waals surface area contributed by atoms with Crippen LogP contribution < -0.4 is 10.6 Å². The van der Waals surface area contributed by atoms with E-state index in [2.05, 4.69) is 15.5 Å². The summed E-state index contributed by atoms with van der Waals surface area (Å²) in [4.78, 5) is 14.3. The molecular formula is C16H22Cl2FN3O. The fourth-order valence-electron chi connectivity index (χ4n) is 3.52. The van der Waals surface area contributed by atoms with Crippen LogP contribution in [-0.4, -0.2) is 42.5 Å². The minimum absolute atomic E-state index is 0. The molecule has 2 aliphatic rings. The molecular weight excluding hydrogens is 340 g/mol. The normalized spacial score (nSPS) is 26.0. The zero-order valence-electron chi connectivity index (χ0n) is 13.0. The van der Waals surface area contributed by atoms with E-state index in [0.717, 1.165) is 12.8 Å². The summed E-state index contributed by atoms with van der Waals surface area (Å²) in [6.07, 6.45) is 4.67. The molecule has 2 atom stereocenters. The van der Waals surface area contributed by atoms with Gasteiger partial charge >= 0.3 is 0 Å². The lowest BCUT2D eigenvalue weighted by molar-refractivity contribution is -0.117. The lowest BCUT2D eigenvalue weighted by Gasteiger charge is -2.35. The van der Waals surface area contributed by atoms with Crippen LogP contribution in [0.3, 0.4) is 0 Å². The molecule has 128 valence electrons. The Morgan fingerprint density at radius 2 is 2.04 bits per heavy atom. The predicted molar refractivity (Wildman–Crippen MR) is 92.9 cm³/mol. The third-order valence-corrected chi connectivity index (χ3v) is 4.98. The first-order chi connectivity index (χ1) is 10.5. The van der Waals surface area contributed by atoms with Crippen LogP contribution in [0.1, 0.15) is 25.7 Å². The molecule has 0 saturated carbocycles. The average Bonchev–Trinajstić information content (AvgIpc) is 2.80. The van der Waals surface area contributed by atoms with Gasteiger partial charge in [-0.05, 0) is 50.9 Å². The second-order valence-corrected chi connectivity index (χ2v) is 6.76. The molecule has 2 fully saturated rings. The standard InChI is InChI=1S/C16H21ClFN3O.ClH/c1-21(13-7-11-3-4-12(8-13)19-11)9-16(22)20-15-5-2-10(18)6-14(15)17;/h2,5-6,11-13,19H,3-4,7-9H2,1H3,(H,20,22);1H. The van der Waals surface area contributed by atoms with Crippen molar-refractivity contribution in [1.29, 1.82) is 0 Å². The van der Waals surface area contributed by atoms with Crippen LogP contribution in [0.4, 0.5) is 10.1 Å². The second kappa shape index (κ2) is 7.79. The van der Waals surface area contributed by atoms with E-state index in [4.69, 9.17) is 11.6 Å². The molecule has 0 aromatic heterocycles. The van der Waals surface area contributed by atoms with E-state index in [1.807, 2.05) is 7.05 Å². The molecule has 1 amide bonds. The number of piperidine rings is 1. The Morgan fingerprint density at radius 3 is 2.65 bits per heavy atom. The number of rotatable bonds is 4. The summed E-state index contributed by atoms with van der Waals surface area (Å²) in [5, 5.41) is 6.57. The van der Waals surface area contributed by atoms with Crippen LogP contribution >= 0.6 is 24.0 Å². The smallest absolute Gasteiger partial charge is 0.238 e. The summed E-state index contributed by atoms with van der Waals surface area (Å²) in [7, 11) is 1.99. The van der Waals surface area contributed by atoms with Gasteiger partial charge in [0, 0.05) is 18.1 Å². The SMILES string of the molecule is CN(CC(=O)Nc1ccc(F)cc1Cl)C1CC2CCC(C1)N2.Cl. The minimum Gasteiger partial charge on any atom is -0.324 e. The van der Waals surface area contributed by atoms with Gasteiger partial charge in [-0.2, -0.15) is 0 Å². The summed E-state index contributed by atoms with van der Waals surface area (Å²) in [5.74, 6) is -0.535. The zero-order valence-corrected chi connectivity index (χ0v) is 14.6. The second-order valence-electron chi connectivity index (χ2n) is 6.35. The highest BCUT2D eigenvalue weighted by atomic mass is 35.5. The van der Waals surface area contributed by atoms with Crippen molar-refractivity contribution >= 4 is 35.6 Å². The number of benzene rings is 1. The Hall–Kier alpha value is -0.880. The van der Waals surface area contributed by atoms with Gasteiger partial charge in [0.25, 0.3) is 0 Å². The summed E-state index contributed by atoms with van der Waals surface area (Å²) in [5.41, 5.74) is 0.451. The Labute approximate surface area is 147 Å². The monoisotopic (exact) mass is 361 g/mol. The number of anilines is 1. The van der Waals surface area contributed by atoms with Crippen LogP contribution in [0.25, 0.3) is 0 Å². The van der Waals surface area contributed by atoms with Crippen molar-refractivity contribution in [3.8, 4) is 0 Å². The van der Waals surface area contributed by atoms with E-state index < -0.39 is 5.82 Å². The number of carbonyl (C=O) groups excluding carboxylic acids is 1. The molecule has 2 unspecified atom stereocenters. The van der Waals surface area contributed by atoms with Crippen molar-refractivity contribution in [1.82, 2.24) is 10.2 Å². The van der Waals surface area contributed by atoms with Crippen LogP contribution in [-0.2, 0) is 4.79 Å². The fraction of sp³-hybridized carbons (Fsp3) is 0.562. The van der Waals surface area contributed by atoms with Gasteiger partial charge in [-0.3, -0.25) is 9.69 Å². The van der Waals surface area contributed by atoms with Crippen LogP contribution in [0, 0.1) is 5.82 Å². The van der Waals surface area contributed by atoms with Crippen molar-refractivity contribution in [3.05, 3.63) is 29.0 Å². The molecule has 2 heterocycles. The van der Waals surface area contributed by atoms with Crippen molar-refractivity contribution in [2.24, 2.45) is 0 Å². The van der Waals surface area contributed by atoms with Gasteiger partial charge in [-0.1, -0.05) is 11.6 Å². The first kappa shape index (κ1) is 18.5. The Morgan fingerprint density at radius 1 is 1.39 bits per heavy atom. The Bertz CT molecular complexity index is 560. The van der Waals surface area contributed by atoms with Gasteiger partial charge in [-0.15, -0.1) is 12.4 Å². The summed E-state index contributed by atoms with van der Waals surface area (Å²) >= 11 is 5.93. The molecule has 23 heavy (non-hydrogen) atoms. The summed E-state index contributed by atoms with van der Waals surface area (Å²) in [6, 6.07) is 5.61. The van der Waals surface area contributed by atoms with Crippen molar-refractivity contribution in [2.75, 3.05) is 18.9 Å². The van der Waals surface area contributed by atoms with Gasteiger partial charge in [0.1, 0.15) is 5.82 Å². The average molecular weight is 362 g/mol. The van der Waals surface area contributed by atoms with Crippen LogP contribution in [0.5, 0.6) is 0 Å². The Balaban J connectivity index is 0.00000192. The number of nitrogens with one attached hydrogen (secondary N) is 2. The molecule has 1 aromatic rings. The molecule has 2 aliphatic heterocycles. The van der Waals surface area contributed by atoms with Gasteiger partial charge in [0.2, 0.25) is 5.91 Å².